The number of nitrogens with one attached hydrogen (secondary N) is 1. The molecule has 0 unspecified atom stereocenters. The molecule has 0 saturated heterocycles. The number of carbonyl (C=O) groups excluding carboxylic acids is 1. The highest BCUT2D eigenvalue weighted by atomic mass is 32.1. The fourth-order valence-corrected chi connectivity index (χ4v) is 3.36. The highest BCUT2D eigenvalue weighted by Gasteiger charge is 2.06. The highest BCUT2D eigenvalue weighted by molar-refractivity contribution is 7.16. The van der Waals surface area contributed by atoms with Crippen molar-refractivity contribution in [3.05, 3.63) is 66.2 Å². The molecule has 26 heavy (non-hydrogen) atoms. The monoisotopic (exact) mass is 361 g/mol. The Balaban J connectivity index is 1.53. The number of rotatable bonds is 4. The number of thiazole rings is 1. The lowest BCUT2D eigenvalue weighted by Gasteiger charge is -2.04. The fourth-order valence-electron chi connectivity index (χ4n) is 2.64. The standard InChI is InChI=1S/C19H15N5OS/c1-24-11-14(10-22-24)16-6-7-20-9-13(16)2-5-19(25)23-15-3-4-17-18(8-15)26-12-21-17/h2-12H,1H3,(H,23,25). The molecule has 1 aromatic carbocycles. The lowest BCUT2D eigenvalue weighted by Crippen LogP contribution is -2.07. The third kappa shape index (κ3) is 3.38. The van der Waals surface area contributed by atoms with Crippen LogP contribution in [-0.2, 0) is 11.8 Å². The zero-order valence-corrected chi connectivity index (χ0v) is 14.8. The van der Waals surface area contributed by atoms with Crippen molar-refractivity contribution in [2.75, 3.05) is 5.32 Å². The summed E-state index contributed by atoms with van der Waals surface area (Å²) in [5.74, 6) is -0.199. The Morgan fingerprint density at radius 3 is 3.04 bits per heavy atom. The second-order valence-electron chi connectivity index (χ2n) is 5.72. The van der Waals surface area contributed by atoms with Crippen LogP contribution in [0.1, 0.15) is 5.56 Å². The minimum Gasteiger partial charge on any atom is -0.322 e. The molecule has 0 radical (unpaired) electrons. The van der Waals surface area contributed by atoms with Crippen molar-refractivity contribution in [2.24, 2.45) is 7.05 Å². The number of hydrogen-bond donors (Lipinski definition) is 1. The van der Waals surface area contributed by atoms with Crippen molar-refractivity contribution >= 4 is 39.2 Å². The van der Waals surface area contributed by atoms with Gasteiger partial charge in [0.25, 0.3) is 0 Å². The van der Waals surface area contributed by atoms with Gasteiger partial charge < -0.3 is 5.32 Å². The maximum Gasteiger partial charge on any atom is 0.248 e. The van der Waals surface area contributed by atoms with Gasteiger partial charge >= 0.3 is 0 Å². The number of hydrogen-bond acceptors (Lipinski definition) is 5. The largest absolute Gasteiger partial charge is 0.322 e. The molecule has 3 heterocycles. The average molecular weight is 361 g/mol. The summed E-state index contributed by atoms with van der Waals surface area (Å²) in [6.07, 6.45) is 10.4. The summed E-state index contributed by atoms with van der Waals surface area (Å²) in [4.78, 5) is 20.7. The second-order valence-corrected chi connectivity index (χ2v) is 6.61. The molecule has 0 aliphatic carbocycles. The third-order valence-corrected chi connectivity index (χ3v) is 4.67. The number of fused-ring (bicyclic) bond motifs is 1. The van der Waals surface area contributed by atoms with Crippen molar-refractivity contribution in [3.63, 3.8) is 0 Å². The first kappa shape index (κ1) is 16.2. The minimum absolute atomic E-state index is 0.199. The van der Waals surface area contributed by atoms with E-state index in [1.165, 1.54) is 6.08 Å². The average Bonchev–Trinajstić information content (AvgIpc) is 3.28. The van der Waals surface area contributed by atoms with Gasteiger partial charge in [0, 0.05) is 48.5 Å². The van der Waals surface area contributed by atoms with E-state index in [-0.39, 0.29) is 5.91 Å². The molecule has 0 aliphatic heterocycles. The summed E-state index contributed by atoms with van der Waals surface area (Å²) < 4.78 is 2.78. The van der Waals surface area contributed by atoms with Gasteiger partial charge in [-0.1, -0.05) is 0 Å². The van der Waals surface area contributed by atoms with E-state index in [0.29, 0.717) is 0 Å². The van der Waals surface area contributed by atoms with Gasteiger partial charge in [0.15, 0.2) is 0 Å². The molecule has 3 aromatic heterocycles. The van der Waals surface area contributed by atoms with E-state index in [4.69, 9.17) is 0 Å². The molecular formula is C19H15N5OS. The Hall–Kier alpha value is -3.32. The van der Waals surface area contributed by atoms with Gasteiger partial charge in [-0.15, -0.1) is 11.3 Å². The topological polar surface area (TPSA) is 72.7 Å². The van der Waals surface area contributed by atoms with E-state index in [1.807, 2.05) is 37.5 Å². The molecule has 0 atom stereocenters. The SMILES string of the molecule is Cn1cc(-c2ccncc2C=CC(=O)Nc2ccc3ncsc3c2)cn1. The Labute approximate surface area is 153 Å². The summed E-state index contributed by atoms with van der Waals surface area (Å²) >= 11 is 1.54. The van der Waals surface area contributed by atoms with E-state index in [1.54, 1.807) is 46.2 Å². The minimum atomic E-state index is -0.199. The Bertz CT molecular complexity index is 1110. The molecule has 7 heteroatoms. The van der Waals surface area contributed by atoms with Crippen LogP contribution in [0.15, 0.2) is 60.6 Å². The molecule has 0 spiro atoms. The Morgan fingerprint density at radius 1 is 1.27 bits per heavy atom. The van der Waals surface area contributed by atoms with Crippen molar-refractivity contribution in [1.29, 1.82) is 0 Å². The normalized spacial score (nSPS) is 11.3. The first-order valence-electron chi connectivity index (χ1n) is 7.94. The number of pyridine rings is 1. The van der Waals surface area contributed by atoms with Crippen molar-refractivity contribution in [2.45, 2.75) is 0 Å². The summed E-state index contributed by atoms with van der Waals surface area (Å²) in [5, 5.41) is 7.07. The van der Waals surface area contributed by atoms with E-state index in [0.717, 1.165) is 32.6 Å². The zero-order chi connectivity index (χ0) is 17.9. The number of amides is 1. The van der Waals surface area contributed by atoms with Crippen LogP contribution in [0.25, 0.3) is 27.4 Å². The highest BCUT2D eigenvalue weighted by Crippen LogP contribution is 2.24. The molecule has 4 rings (SSSR count). The van der Waals surface area contributed by atoms with Crippen molar-refractivity contribution < 1.29 is 4.79 Å². The molecule has 1 N–H and O–H groups in total. The van der Waals surface area contributed by atoms with Crippen LogP contribution in [0, 0.1) is 0 Å². The second kappa shape index (κ2) is 6.89. The number of benzene rings is 1. The van der Waals surface area contributed by atoms with Gasteiger partial charge in [-0.2, -0.15) is 5.10 Å². The van der Waals surface area contributed by atoms with Gasteiger partial charge in [-0.25, -0.2) is 4.98 Å². The molecule has 128 valence electrons. The van der Waals surface area contributed by atoms with E-state index in [2.05, 4.69) is 20.4 Å². The van der Waals surface area contributed by atoms with Crippen LogP contribution in [0.3, 0.4) is 0 Å². The first-order chi connectivity index (χ1) is 12.7. The Morgan fingerprint density at radius 2 is 2.19 bits per heavy atom. The molecule has 0 bridgehead atoms. The number of nitrogens with zero attached hydrogens (tertiary/aromatic N) is 4. The maximum atomic E-state index is 12.3. The van der Waals surface area contributed by atoms with Gasteiger partial charge in [-0.3, -0.25) is 14.5 Å². The molecule has 0 aliphatic rings. The van der Waals surface area contributed by atoms with Crippen LogP contribution in [0.5, 0.6) is 0 Å². The number of aromatic nitrogens is 4. The van der Waals surface area contributed by atoms with E-state index in [9.17, 15) is 4.79 Å². The summed E-state index contributed by atoms with van der Waals surface area (Å²) in [6.45, 7) is 0. The van der Waals surface area contributed by atoms with Gasteiger partial charge in [0.05, 0.1) is 21.9 Å². The van der Waals surface area contributed by atoms with Crippen LogP contribution >= 0.6 is 11.3 Å². The lowest BCUT2D eigenvalue weighted by molar-refractivity contribution is -0.111. The maximum absolute atomic E-state index is 12.3. The Kier molecular flexibility index (Phi) is 4.28. The molecule has 0 fully saturated rings. The first-order valence-corrected chi connectivity index (χ1v) is 8.82. The quantitative estimate of drug-likeness (QED) is 0.562. The van der Waals surface area contributed by atoms with Crippen molar-refractivity contribution in [1.82, 2.24) is 19.7 Å². The molecular weight excluding hydrogens is 346 g/mol. The molecule has 6 nitrogen and oxygen atoms in total. The van der Waals surface area contributed by atoms with Gasteiger partial charge in [-0.05, 0) is 35.9 Å². The summed E-state index contributed by atoms with van der Waals surface area (Å²) in [7, 11) is 1.87. The van der Waals surface area contributed by atoms with Gasteiger partial charge in [0.2, 0.25) is 5.91 Å². The number of carbonyl (C=O) groups is 1. The zero-order valence-electron chi connectivity index (χ0n) is 14.0. The number of anilines is 1. The molecule has 1 amide bonds. The van der Waals surface area contributed by atoms with Gasteiger partial charge in [0.1, 0.15) is 0 Å². The van der Waals surface area contributed by atoms with Crippen LogP contribution in [0.2, 0.25) is 0 Å². The number of aryl methyl sites for hydroxylation is 1. The predicted octanol–water partition coefficient (Wildman–Crippen LogP) is 3.74. The van der Waals surface area contributed by atoms with Crippen molar-refractivity contribution in [3.8, 4) is 11.1 Å². The summed E-state index contributed by atoms with van der Waals surface area (Å²) in [5.41, 5.74) is 6.27. The predicted molar refractivity (Wildman–Crippen MR) is 104 cm³/mol. The van der Waals surface area contributed by atoms with E-state index < -0.39 is 0 Å². The third-order valence-electron chi connectivity index (χ3n) is 3.88. The fraction of sp³-hybridized carbons (Fsp3) is 0.0526. The lowest BCUT2D eigenvalue weighted by atomic mass is 10.0. The van der Waals surface area contributed by atoms with Crippen LogP contribution in [0.4, 0.5) is 5.69 Å². The summed E-state index contributed by atoms with van der Waals surface area (Å²) in [6, 6.07) is 7.57. The molecule has 0 saturated carbocycles. The van der Waals surface area contributed by atoms with Crippen LogP contribution in [-0.4, -0.2) is 25.7 Å². The molecule has 4 aromatic rings. The van der Waals surface area contributed by atoms with Crippen LogP contribution < -0.4 is 5.32 Å². The van der Waals surface area contributed by atoms with E-state index >= 15 is 0 Å². The smallest absolute Gasteiger partial charge is 0.248 e.